The van der Waals surface area contributed by atoms with Gasteiger partial charge in [-0.05, 0) is 23.8 Å². The van der Waals surface area contributed by atoms with E-state index in [0.717, 1.165) is 5.56 Å². The minimum atomic E-state index is -4.76. The van der Waals surface area contributed by atoms with E-state index >= 15 is 0 Å². The van der Waals surface area contributed by atoms with E-state index < -0.39 is 6.36 Å². The monoisotopic (exact) mass is 555 g/mol. The van der Waals surface area contributed by atoms with Gasteiger partial charge in [0.25, 0.3) is 0 Å². The maximum Gasteiger partial charge on any atom is 0.573 e. The zero-order valence-corrected chi connectivity index (χ0v) is 19.8. The fraction of sp³-hybridized carbons (Fsp3) is 0.350. The van der Waals surface area contributed by atoms with Crippen molar-refractivity contribution in [2.75, 3.05) is 28.4 Å². The van der Waals surface area contributed by atoms with Crippen LogP contribution in [0.5, 0.6) is 23.0 Å². The van der Waals surface area contributed by atoms with Crippen molar-refractivity contribution >= 4 is 29.9 Å². The van der Waals surface area contributed by atoms with Gasteiger partial charge in [-0.2, -0.15) is 0 Å². The van der Waals surface area contributed by atoms with E-state index in [9.17, 15) is 13.2 Å². The van der Waals surface area contributed by atoms with E-state index in [0.29, 0.717) is 35.3 Å². The van der Waals surface area contributed by atoms with Crippen molar-refractivity contribution in [3.05, 3.63) is 47.5 Å². The van der Waals surface area contributed by atoms with Crippen LogP contribution in [0.2, 0.25) is 0 Å². The van der Waals surface area contributed by atoms with Gasteiger partial charge in [0.1, 0.15) is 5.75 Å². The molecule has 0 saturated carbocycles. The van der Waals surface area contributed by atoms with E-state index in [4.69, 9.17) is 14.2 Å². The van der Waals surface area contributed by atoms with E-state index in [1.54, 1.807) is 31.3 Å². The van der Waals surface area contributed by atoms with Gasteiger partial charge < -0.3 is 29.6 Å². The molecule has 0 radical (unpaired) electrons. The summed E-state index contributed by atoms with van der Waals surface area (Å²) in [7, 11) is 6.12. The fourth-order valence-corrected chi connectivity index (χ4v) is 2.70. The van der Waals surface area contributed by atoms with Crippen molar-refractivity contribution in [3.63, 3.8) is 0 Å². The van der Waals surface area contributed by atoms with E-state index in [-0.39, 0.29) is 36.3 Å². The molecule has 2 aromatic carbocycles. The first kappa shape index (κ1) is 26.5. The highest BCUT2D eigenvalue weighted by Gasteiger charge is 2.31. The first-order valence-electron chi connectivity index (χ1n) is 8.88. The number of guanidine groups is 1. The lowest BCUT2D eigenvalue weighted by Gasteiger charge is -2.17. The minimum absolute atomic E-state index is 0. The van der Waals surface area contributed by atoms with Crippen LogP contribution in [0.1, 0.15) is 11.1 Å². The molecular weight excluding hydrogens is 530 g/mol. The molecule has 0 spiro atoms. The minimum Gasteiger partial charge on any atom is -0.493 e. The van der Waals surface area contributed by atoms with Crippen molar-refractivity contribution in [1.82, 2.24) is 10.6 Å². The Bertz CT molecular complexity index is 854. The predicted molar refractivity (Wildman–Crippen MR) is 122 cm³/mol. The van der Waals surface area contributed by atoms with Crippen molar-refractivity contribution in [3.8, 4) is 23.0 Å². The van der Waals surface area contributed by atoms with Crippen LogP contribution in [0.25, 0.3) is 0 Å². The third-order valence-corrected chi connectivity index (χ3v) is 4.05. The standard InChI is InChI=1S/C20H24F3N3O4.HI/c1-24-19(26-12-14-7-5-6-8-15(14)30-20(21,22)23)25-11-13-9-16(27-2)18(29-4)17(10-13)28-3;/h5-10H,11-12H2,1-4H3,(H2,24,25,26);1H. The lowest BCUT2D eigenvalue weighted by atomic mass is 10.1. The maximum atomic E-state index is 12.6. The summed E-state index contributed by atoms with van der Waals surface area (Å²) in [5.41, 5.74) is 1.17. The quantitative estimate of drug-likeness (QED) is 0.291. The molecular formula is C20H25F3IN3O4. The molecule has 0 aromatic heterocycles. The molecule has 2 N–H and O–H groups in total. The third-order valence-electron chi connectivity index (χ3n) is 4.05. The Balaban J connectivity index is 0.00000480. The van der Waals surface area contributed by atoms with Crippen LogP contribution in [0, 0.1) is 0 Å². The van der Waals surface area contributed by atoms with Crippen molar-refractivity contribution in [2.45, 2.75) is 19.5 Å². The molecule has 11 heteroatoms. The first-order chi connectivity index (χ1) is 14.3. The molecule has 2 rings (SSSR count). The van der Waals surface area contributed by atoms with Gasteiger partial charge in [-0.15, -0.1) is 37.1 Å². The summed E-state index contributed by atoms with van der Waals surface area (Å²) in [5.74, 6) is 1.63. The number of hydrogen-bond donors (Lipinski definition) is 2. The highest BCUT2D eigenvalue weighted by atomic mass is 127. The van der Waals surface area contributed by atoms with Gasteiger partial charge in [0, 0.05) is 25.7 Å². The van der Waals surface area contributed by atoms with Crippen molar-refractivity contribution in [2.24, 2.45) is 4.99 Å². The molecule has 0 saturated heterocycles. The zero-order valence-electron chi connectivity index (χ0n) is 17.5. The van der Waals surface area contributed by atoms with Crippen LogP contribution < -0.4 is 29.6 Å². The highest BCUT2D eigenvalue weighted by Crippen LogP contribution is 2.38. The Kier molecular flexibility index (Phi) is 10.5. The Hall–Kier alpha value is -2.57. The predicted octanol–water partition coefficient (Wildman–Crippen LogP) is 4.09. The number of nitrogens with zero attached hydrogens (tertiary/aromatic N) is 1. The summed E-state index contributed by atoms with van der Waals surface area (Å²) in [6.07, 6.45) is -4.76. The van der Waals surface area contributed by atoms with Gasteiger partial charge in [0.15, 0.2) is 17.5 Å². The van der Waals surface area contributed by atoms with Crippen LogP contribution >= 0.6 is 24.0 Å². The Morgan fingerprint density at radius 3 is 2.00 bits per heavy atom. The highest BCUT2D eigenvalue weighted by molar-refractivity contribution is 14.0. The van der Waals surface area contributed by atoms with Crippen LogP contribution in [0.4, 0.5) is 13.2 Å². The molecule has 0 amide bonds. The van der Waals surface area contributed by atoms with Gasteiger partial charge in [-0.3, -0.25) is 4.99 Å². The van der Waals surface area contributed by atoms with Crippen molar-refractivity contribution in [1.29, 1.82) is 0 Å². The third kappa shape index (κ3) is 7.89. The number of para-hydroxylation sites is 1. The summed E-state index contributed by atoms with van der Waals surface area (Å²) >= 11 is 0. The summed E-state index contributed by atoms with van der Waals surface area (Å²) < 4.78 is 57.7. The van der Waals surface area contributed by atoms with Crippen LogP contribution in [-0.4, -0.2) is 40.7 Å². The van der Waals surface area contributed by atoms with Gasteiger partial charge >= 0.3 is 6.36 Å². The molecule has 0 aliphatic rings. The summed E-state index contributed by atoms with van der Waals surface area (Å²) in [6.45, 7) is 0.443. The largest absolute Gasteiger partial charge is 0.573 e. The number of halogens is 4. The lowest BCUT2D eigenvalue weighted by Crippen LogP contribution is -2.36. The second-order valence-electron chi connectivity index (χ2n) is 5.97. The SMILES string of the molecule is CN=C(NCc1cc(OC)c(OC)c(OC)c1)NCc1ccccc1OC(F)(F)F.I. The molecule has 0 unspecified atom stereocenters. The smallest absolute Gasteiger partial charge is 0.493 e. The second kappa shape index (κ2) is 12.3. The molecule has 0 bridgehead atoms. The number of alkyl halides is 3. The first-order valence-corrected chi connectivity index (χ1v) is 8.88. The Morgan fingerprint density at radius 2 is 1.48 bits per heavy atom. The summed E-state index contributed by atoms with van der Waals surface area (Å²) in [4.78, 5) is 4.09. The van der Waals surface area contributed by atoms with Gasteiger partial charge in [0.2, 0.25) is 5.75 Å². The number of aliphatic imine (C=N–C) groups is 1. The topological polar surface area (TPSA) is 73.3 Å². The van der Waals surface area contributed by atoms with Crippen LogP contribution in [0.3, 0.4) is 0 Å². The summed E-state index contributed by atoms with van der Waals surface area (Å²) in [5, 5.41) is 6.05. The average Bonchev–Trinajstić information content (AvgIpc) is 2.72. The zero-order chi connectivity index (χ0) is 22.1. The number of nitrogens with one attached hydrogen (secondary N) is 2. The molecule has 31 heavy (non-hydrogen) atoms. The molecule has 0 atom stereocenters. The van der Waals surface area contributed by atoms with Gasteiger partial charge in [-0.1, -0.05) is 18.2 Å². The molecule has 2 aromatic rings. The van der Waals surface area contributed by atoms with E-state index in [2.05, 4.69) is 20.4 Å². The van der Waals surface area contributed by atoms with Gasteiger partial charge in [-0.25, -0.2) is 0 Å². The van der Waals surface area contributed by atoms with Crippen LogP contribution in [-0.2, 0) is 13.1 Å². The number of rotatable bonds is 8. The van der Waals surface area contributed by atoms with Crippen LogP contribution in [0.15, 0.2) is 41.4 Å². The lowest BCUT2D eigenvalue weighted by molar-refractivity contribution is -0.274. The van der Waals surface area contributed by atoms with Crippen molar-refractivity contribution < 1.29 is 32.1 Å². The summed E-state index contributed by atoms with van der Waals surface area (Å²) in [6, 6.07) is 9.48. The molecule has 0 heterocycles. The molecule has 0 aliphatic heterocycles. The molecule has 0 fully saturated rings. The Morgan fingerprint density at radius 1 is 0.903 bits per heavy atom. The average molecular weight is 555 g/mol. The maximum absolute atomic E-state index is 12.6. The molecule has 172 valence electrons. The molecule has 7 nitrogen and oxygen atoms in total. The molecule has 0 aliphatic carbocycles. The normalized spacial score (nSPS) is 11.3. The fourth-order valence-electron chi connectivity index (χ4n) is 2.70. The number of benzene rings is 2. The van der Waals surface area contributed by atoms with E-state index in [1.165, 1.54) is 33.5 Å². The number of methoxy groups -OCH3 is 3. The second-order valence-corrected chi connectivity index (χ2v) is 5.97. The Labute approximate surface area is 195 Å². The number of hydrogen-bond acceptors (Lipinski definition) is 5. The van der Waals surface area contributed by atoms with Gasteiger partial charge in [0.05, 0.1) is 21.3 Å². The van der Waals surface area contributed by atoms with E-state index in [1.807, 2.05) is 0 Å². The number of ether oxygens (including phenoxy) is 4.